The molecule has 0 spiro atoms. The third-order valence-corrected chi connectivity index (χ3v) is 6.63. The van der Waals surface area contributed by atoms with Crippen LogP contribution in [0.25, 0.3) is 32.7 Å². The summed E-state index contributed by atoms with van der Waals surface area (Å²) in [6.07, 6.45) is 1.72. The summed E-state index contributed by atoms with van der Waals surface area (Å²) in [5, 5.41) is 3.31. The number of hydrogen-bond donors (Lipinski definition) is 1. The Morgan fingerprint density at radius 1 is 0.788 bits per heavy atom. The number of benzene rings is 3. The van der Waals surface area contributed by atoms with Crippen LogP contribution in [0.3, 0.4) is 0 Å². The minimum Gasteiger partial charge on any atom is -0.395 e. The van der Waals surface area contributed by atoms with Crippen LogP contribution in [0.15, 0.2) is 83.5 Å². The number of aryl methyl sites for hydroxylation is 2. The third kappa shape index (κ3) is 2.72. The van der Waals surface area contributed by atoms with Crippen LogP contribution in [-0.4, -0.2) is 20.6 Å². The molecule has 2 N–H and O–H groups in total. The van der Waals surface area contributed by atoms with E-state index < -0.39 is 0 Å². The zero-order valence-corrected chi connectivity index (χ0v) is 18.7. The number of rotatable bonds is 3. The van der Waals surface area contributed by atoms with E-state index in [9.17, 15) is 4.79 Å². The quantitative estimate of drug-likeness (QED) is 0.383. The number of ketones is 1. The second-order valence-electron chi connectivity index (χ2n) is 8.37. The molecular weight excluding hydrogens is 408 g/mol. The number of allylic oxidation sites excluding steroid dienone is 2. The van der Waals surface area contributed by atoms with Crippen molar-refractivity contribution >= 4 is 49.9 Å². The van der Waals surface area contributed by atoms with Crippen molar-refractivity contribution < 1.29 is 4.79 Å². The van der Waals surface area contributed by atoms with Gasteiger partial charge in [-0.2, -0.15) is 0 Å². The Labute approximate surface area is 191 Å². The van der Waals surface area contributed by atoms with Crippen molar-refractivity contribution in [2.75, 3.05) is 0 Å². The van der Waals surface area contributed by atoms with Crippen LogP contribution in [0.5, 0.6) is 0 Å². The Bertz CT molecular complexity index is 1660. The summed E-state index contributed by atoms with van der Waals surface area (Å²) >= 11 is 0. The Hall–Kier alpha value is -4.12. The Morgan fingerprint density at radius 3 is 2.15 bits per heavy atom. The molecule has 0 saturated carbocycles. The summed E-state index contributed by atoms with van der Waals surface area (Å²) in [6, 6.07) is 22.8. The summed E-state index contributed by atoms with van der Waals surface area (Å²) in [5.41, 5.74) is 12.9. The fraction of sp³-hybridized carbons (Fsp3) is 0.143. The van der Waals surface area contributed by atoms with Gasteiger partial charge in [0.05, 0.1) is 28.4 Å². The van der Waals surface area contributed by atoms with Gasteiger partial charge in [0, 0.05) is 45.8 Å². The predicted octanol–water partition coefficient (Wildman–Crippen LogP) is 5.95. The van der Waals surface area contributed by atoms with E-state index >= 15 is 0 Å². The highest BCUT2D eigenvalue weighted by Gasteiger charge is 2.29. The van der Waals surface area contributed by atoms with Crippen LogP contribution in [0.2, 0.25) is 0 Å². The molecule has 0 aliphatic heterocycles. The summed E-state index contributed by atoms with van der Waals surface area (Å²) in [7, 11) is 0. The van der Waals surface area contributed by atoms with Gasteiger partial charge in [0.2, 0.25) is 5.78 Å². The molecule has 0 amide bonds. The SMILES string of the molecule is CCn1c2c(c3ccccc31)C(=O)C(N)=CC2=Nc1ccc2c(c1)c1ccccc1n2CC. The molecule has 5 aromatic rings. The lowest BCUT2D eigenvalue weighted by atomic mass is 9.96. The standard InChI is InChI=1S/C28H24N4O/c1-3-31-23-11-7-5-9-18(23)20-15-17(13-14-25(20)31)30-22-16-21(29)28(33)26-19-10-6-8-12-24(19)32(4-2)27(22)26/h5-16H,3-4,29H2,1-2H3. The molecule has 0 radical (unpaired) electrons. The molecule has 1 aliphatic rings. The van der Waals surface area contributed by atoms with Gasteiger partial charge in [0.25, 0.3) is 0 Å². The monoisotopic (exact) mass is 432 g/mol. The van der Waals surface area contributed by atoms with Crippen molar-refractivity contribution in [1.29, 1.82) is 0 Å². The second-order valence-corrected chi connectivity index (χ2v) is 8.37. The van der Waals surface area contributed by atoms with Gasteiger partial charge < -0.3 is 14.9 Å². The lowest BCUT2D eigenvalue weighted by Crippen LogP contribution is -2.23. The maximum atomic E-state index is 13.1. The van der Waals surface area contributed by atoms with Gasteiger partial charge in [-0.3, -0.25) is 4.79 Å². The van der Waals surface area contributed by atoms with E-state index in [1.165, 1.54) is 21.8 Å². The highest BCUT2D eigenvalue weighted by atomic mass is 16.1. The number of para-hydroxylation sites is 2. The van der Waals surface area contributed by atoms with E-state index in [1.54, 1.807) is 6.08 Å². The molecule has 1 aliphatic carbocycles. The number of nitrogens with zero attached hydrogens (tertiary/aromatic N) is 3. The molecule has 2 heterocycles. The average molecular weight is 433 g/mol. The highest BCUT2D eigenvalue weighted by Crippen LogP contribution is 2.35. The maximum Gasteiger partial charge on any atom is 0.211 e. The molecule has 0 unspecified atom stereocenters. The normalized spacial score (nSPS) is 15.0. The summed E-state index contributed by atoms with van der Waals surface area (Å²) in [4.78, 5) is 18.1. The van der Waals surface area contributed by atoms with Crippen LogP contribution in [0.1, 0.15) is 29.9 Å². The van der Waals surface area contributed by atoms with Crippen LogP contribution in [-0.2, 0) is 13.1 Å². The molecule has 33 heavy (non-hydrogen) atoms. The lowest BCUT2D eigenvalue weighted by Gasteiger charge is -2.15. The zero-order chi connectivity index (χ0) is 22.7. The Kier molecular flexibility index (Phi) is 4.27. The van der Waals surface area contributed by atoms with E-state index in [4.69, 9.17) is 10.7 Å². The number of Topliss-reactive ketones (excluding diaryl/α,β-unsaturated/α-hetero) is 1. The number of fused-ring (bicyclic) bond motifs is 6. The van der Waals surface area contributed by atoms with Crippen molar-refractivity contribution in [3.63, 3.8) is 0 Å². The van der Waals surface area contributed by atoms with E-state index in [0.29, 0.717) is 5.56 Å². The number of carbonyl (C=O) groups is 1. The summed E-state index contributed by atoms with van der Waals surface area (Å²) in [6.45, 7) is 5.89. The van der Waals surface area contributed by atoms with Gasteiger partial charge in [0.15, 0.2) is 0 Å². The zero-order valence-electron chi connectivity index (χ0n) is 18.7. The second kappa shape index (κ2) is 7.20. The van der Waals surface area contributed by atoms with Gasteiger partial charge in [0.1, 0.15) is 0 Å². The summed E-state index contributed by atoms with van der Waals surface area (Å²) < 4.78 is 4.48. The van der Waals surface area contributed by atoms with Gasteiger partial charge in [-0.1, -0.05) is 36.4 Å². The van der Waals surface area contributed by atoms with Crippen molar-refractivity contribution in [1.82, 2.24) is 9.13 Å². The molecule has 0 atom stereocenters. The molecule has 6 rings (SSSR count). The largest absolute Gasteiger partial charge is 0.395 e. The first-order chi connectivity index (χ1) is 16.1. The number of hydrogen-bond acceptors (Lipinski definition) is 3. The molecule has 0 bridgehead atoms. The van der Waals surface area contributed by atoms with Crippen molar-refractivity contribution in [3.8, 4) is 0 Å². The smallest absolute Gasteiger partial charge is 0.211 e. The number of nitrogens with two attached hydrogens (primary N) is 1. The van der Waals surface area contributed by atoms with Gasteiger partial charge in [-0.15, -0.1) is 0 Å². The molecular formula is C28H24N4O. The molecule has 0 fully saturated rings. The topological polar surface area (TPSA) is 65.3 Å². The average Bonchev–Trinajstić information content (AvgIpc) is 3.35. The van der Waals surface area contributed by atoms with E-state index in [1.807, 2.05) is 30.3 Å². The van der Waals surface area contributed by atoms with Crippen molar-refractivity contribution in [2.24, 2.45) is 10.7 Å². The summed E-state index contributed by atoms with van der Waals surface area (Å²) in [5.74, 6) is -0.131. The third-order valence-electron chi connectivity index (χ3n) is 6.63. The van der Waals surface area contributed by atoms with E-state index in [-0.39, 0.29) is 11.5 Å². The van der Waals surface area contributed by atoms with E-state index in [0.717, 1.165) is 41.1 Å². The van der Waals surface area contributed by atoms with Gasteiger partial charge >= 0.3 is 0 Å². The van der Waals surface area contributed by atoms with Crippen LogP contribution in [0.4, 0.5) is 5.69 Å². The van der Waals surface area contributed by atoms with Crippen LogP contribution in [0, 0.1) is 0 Å². The number of carbonyl (C=O) groups excluding carboxylic acids is 1. The molecule has 5 nitrogen and oxygen atoms in total. The predicted molar refractivity (Wildman–Crippen MR) is 136 cm³/mol. The Morgan fingerprint density at radius 2 is 1.42 bits per heavy atom. The van der Waals surface area contributed by atoms with Crippen molar-refractivity contribution in [3.05, 3.63) is 89.8 Å². The maximum absolute atomic E-state index is 13.1. The first-order valence-corrected chi connectivity index (χ1v) is 11.4. The molecule has 0 saturated heterocycles. The molecule has 2 aromatic heterocycles. The fourth-order valence-electron chi connectivity index (χ4n) is 5.23. The molecule has 3 aromatic carbocycles. The first kappa shape index (κ1) is 19.6. The number of aliphatic imine (C=N–C) groups is 1. The van der Waals surface area contributed by atoms with Gasteiger partial charge in [-0.05, 0) is 50.3 Å². The Balaban J connectivity index is 1.62. The van der Waals surface area contributed by atoms with Gasteiger partial charge in [-0.25, -0.2) is 4.99 Å². The van der Waals surface area contributed by atoms with Crippen molar-refractivity contribution in [2.45, 2.75) is 26.9 Å². The number of aromatic nitrogens is 2. The first-order valence-electron chi connectivity index (χ1n) is 11.4. The molecule has 5 heteroatoms. The highest BCUT2D eigenvalue weighted by molar-refractivity contribution is 6.30. The van der Waals surface area contributed by atoms with Crippen LogP contribution >= 0.6 is 0 Å². The lowest BCUT2D eigenvalue weighted by molar-refractivity contribution is 0.103. The minimum absolute atomic E-state index is 0.131. The van der Waals surface area contributed by atoms with Crippen LogP contribution < -0.4 is 5.73 Å². The van der Waals surface area contributed by atoms with E-state index in [2.05, 4.69) is 59.4 Å². The minimum atomic E-state index is -0.131. The fourth-order valence-corrected chi connectivity index (χ4v) is 5.23. The molecule has 162 valence electrons.